The molecule has 5 nitrogen and oxygen atoms in total. The fourth-order valence-corrected chi connectivity index (χ4v) is 2.20. The zero-order chi connectivity index (χ0) is 13.7. The Labute approximate surface area is 113 Å². The maximum absolute atomic E-state index is 11.6. The Hall–Kier alpha value is -1.75. The van der Waals surface area contributed by atoms with Crippen molar-refractivity contribution < 1.29 is 14.6 Å². The summed E-state index contributed by atoms with van der Waals surface area (Å²) < 4.78 is 4.91. The fourth-order valence-electron chi connectivity index (χ4n) is 2.20. The summed E-state index contributed by atoms with van der Waals surface area (Å²) in [4.78, 5) is 15.6. The van der Waals surface area contributed by atoms with Gasteiger partial charge in [0.25, 0.3) is 0 Å². The molecule has 0 saturated carbocycles. The number of hydrogen-bond donors (Lipinski definition) is 1. The molecule has 1 aromatic rings. The summed E-state index contributed by atoms with van der Waals surface area (Å²) in [6.45, 7) is 4.92. The molecule has 5 heteroatoms. The minimum Gasteiger partial charge on any atom is -0.447 e. The molecule has 2 rings (SSSR count). The zero-order valence-electron chi connectivity index (χ0n) is 11.2. The van der Waals surface area contributed by atoms with E-state index < -0.39 is 0 Å². The molecular weight excluding hydrogens is 244 g/mol. The average molecular weight is 264 g/mol. The summed E-state index contributed by atoms with van der Waals surface area (Å²) >= 11 is 0. The summed E-state index contributed by atoms with van der Waals surface area (Å²) in [5, 5.41) is 8.63. The number of aryl methyl sites for hydroxylation is 1. The standard InChI is InChI=1S/C14H20N2O3/c1-12-3-2-4-13(11-12)15-5-7-16(8-6-15)14(18)19-10-9-17/h2-4,11,17H,5-10H2,1H3. The van der Waals surface area contributed by atoms with Crippen LogP contribution in [0.2, 0.25) is 0 Å². The Morgan fingerprint density at radius 2 is 2.05 bits per heavy atom. The molecule has 1 fully saturated rings. The molecule has 0 bridgehead atoms. The molecule has 1 aromatic carbocycles. The molecular formula is C14H20N2O3. The van der Waals surface area contributed by atoms with Gasteiger partial charge in [-0.3, -0.25) is 0 Å². The largest absolute Gasteiger partial charge is 0.447 e. The van der Waals surface area contributed by atoms with E-state index >= 15 is 0 Å². The van der Waals surface area contributed by atoms with Gasteiger partial charge in [-0.05, 0) is 24.6 Å². The van der Waals surface area contributed by atoms with Crippen molar-refractivity contribution >= 4 is 11.8 Å². The maximum Gasteiger partial charge on any atom is 0.409 e. The van der Waals surface area contributed by atoms with Crippen LogP contribution in [0.15, 0.2) is 24.3 Å². The quantitative estimate of drug-likeness (QED) is 0.892. The van der Waals surface area contributed by atoms with E-state index in [-0.39, 0.29) is 19.3 Å². The van der Waals surface area contributed by atoms with Gasteiger partial charge >= 0.3 is 6.09 Å². The predicted octanol–water partition coefficient (Wildman–Crippen LogP) is 1.25. The Balaban J connectivity index is 1.87. The molecule has 1 amide bonds. The molecule has 104 valence electrons. The number of piperazine rings is 1. The van der Waals surface area contributed by atoms with Gasteiger partial charge in [-0.1, -0.05) is 12.1 Å². The minimum atomic E-state index is -0.335. The molecule has 1 N–H and O–H groups in total. The lowest BCUT2D eigenvalue weighted by Gasteiger charge is -2.35. The third-order valence-electron chi connectivity index (χ3n) is 3.22. The van der Waals surface area contributed by atoms with E-state index in [1.54, 1.807) is 4.90 Å². The first-order chi connectivity index (χ1) is 9.20. The van der Waals surface area contributed by atoms with Crippen molar-refractivity contribution in [3.63, 3.8) is 0 Å². The highest BCUT2D eigenvalue weighted by atomic mass is 16.6. The number of carbonyl (C=O) groups excluding carboxylic acids is 1. The zero-order valence-corrected chi connectivity index (χ0v) is 11.2. The lowest BCUT2D eigenvalue weighted by atomic mass is 10.2. The highest BCUT2D eigenvalue weighted by molar-refractivity contribution is 5.68. The van der Waals surface area contributed by atoms with E-state index in [0.29, 0.717) is 13.1 Å². The third kappa shape index (κ3) is 3.61. The van der Waals surface area contributed by atoms with Gasteiger partial charge < -0.3 is 19.6 Å². The van der Waals surface area contributed by atoms with Crippen LogP contribution in [0.4, 0.5) is 10.5 Å². The van der Waals surface area contributed by atoms with Crippen LogP contribution in [0.25, 0.3) is 0 Å². The molecule has 1 saturated heterocycles. The fraction of sp³-hybridized carbons (Fsp3) is 0.500. The number of rotatable bonds is 3. The van der Waals surface area contributed by atoms with Crippen LogP contribution in [-0.2, 0) is 4.74 Å². The Morgan fingerprint density at radius 3 is 2.68 bits per heavy atom. The molecule has 19 heavy (non-hydrogen) atoms. The van der Waals surface area contributed by atoms with E-state index in [1.165, 1.54) is 11.3 Å². The molecule has 1 aliphatic rings. The van der Waals surface area contributed by atoms with E-state index in [0.717, 1.165) is 13.1 Å². The van der Waals surface area contributed by atoms with Crippen LogP contribution in [0, 0.1) is 6.92 Å². The van der Waals surface area contributed by atoms with Crippen molar-refractivity contribution in [2.45, 2.75) is 6.92 Å². The monoisotopic (exact) mass is 264 g/mol. The van der Waals surface area contributed by atoms with Crippen LogP contribution in [0.5, 0.6) is 0 Å². The summed E-state index contributed by atoms with van der Waals surface area (Å²) in [5.74, 6) is 0. The Kier molecular flexibility index (Phi) is 4.63. The second-order valence-corrected chi connectivity index (χ2v) is 4.65. The van der Waals surface area contributed by atoms with E-state index in [1.807, 2.05) is 6.07 Å². The number of nitrogens with zero attached hydrogens (tertiary/aromatic N) is 2. The number of aliphatic hydroxyl groups is 1. The van der Waals surface area contributed by atoms with Crippen molar-refractivity contribution in [3.8, 4) is 0 Å². The number of hydrogen-bond acceptors (Lipinski definition) is 4. The molecule has 0 unspecified atom stereocenters. The van der Waals surface area contributed by atoms with Crippen molar-refractivity contribution in [2.75, 3.05) is 44.3 Å². The number of amides is 1. The van der Waals surface area contributed by atoms with Gasteiger partial charge in [-0.15, -0.1) is 0 Å². The molecule has 0 aromatic heterocycles. The third-order valence-corrected chi connectivity index (χ3v) is 3.22. The first-order valence-corrected chi connectivity index (χ1v) is 6.55. The van der Waals surface area contributed by atoms with Crippen LogP contribution in [0.1, 0.15) is 5.56 Å². The molecule has 1 heterocycles. The van der Waals surface area contributed by atoms with Gasteiger partial charge in [0.1, 0.15) is 6.61 Å². The maximum atomic E-state index is 11.6. The molecule has 1 aliphatic heterocycles. The lowest BCUT2D eigenvalue weighted by molar-refractivity contribution is 0.0826. The first kappa shape index (κ1) is 13.7. The van der Waals surface area contributed by atoms with Gasteiger partial charge in [0.05, 0.1) is 6.61 Å². The second-order valence-electron chi connectivity index (χ2n) is 4.65. The minimum absolute atomic E-state index is 0.0664. The summed E-state index contributed by atoms with van der Waals surface area (Å²) in [7, 11) is 0. The van der Waals surface area contributed by atoms with Crippen LogP contribution in [-0.4, -0.2) is 55.5 Å². The molecule has 0 radical (unpaired) electrons. The Bertz CT molecular complexity index is 428. The van der Waals surface area contributed by atoms with Gasteiger partial charge in [0, 0.05) is 31.9 Å². The smallest absolute Gasteiger partial charge is 0.409 e. The summed E-state index contributed by atoms with van der Waals surface area (Å²) in [6.07, 6.45) is -0.335. The van der Waals surface area contributed by atoms with Crippen LogP contribution < -0.4 is 4.90 Å². The number of aliphatic hydroxyl groups excluding tert-OH is 1. The van der Waals surface area contributed by atoms with E-state index in [4.69, 9.17) is 9.84 Å². The summed E-state index contributed by atoms with van der Waals surface area (Å²) in [5.41, 5.74) is 2.44. The van der Waals surface area contributed by atoms with Gasteiger partial charge in [0.2, 0.25) is 0 Å². The summed E-state index contributed by atoms with van der Waals surface area (Å²) in [6, 6.07) is 8.37. The number of benzene rings is 1. The van der Waals surface area contributed by atoms with Crippen molar-refractivity contribution in [3.05, 3.63) is 29.8 Å². The predicted molar refractivity (Wildman–Crippen MR) is 73.4 cm³/mol. The Morgan fingerprint density at radius 1 is 1.32 bits per heavy atom. The number of ether oxygens (including phenoxy) is 1. The molecule has 0 atom stereocenters. The van der Waals surface area contributed by atoms with Gasteiger partial charge in [-0.2, -0.15) is 0 Å². The highest BCUT2D eigenvalue weighted by Crippen LogP contribution is 2.17. The molecule has 0 spiro atoms. The number of carbonyl (C=O) groups is 1. The topological polar surface area (TPSA) is 53.0 Å². The number of anilines is 1. The van der Waals surface area contributed by atoms with E-state index in [2.05, 4.69) is 30.0 Å². The first-order valence-electron chi connectivity index (χ1n) is 6.55. The normalized spacial score (nSPS) is 15.5. The van der Waals surface area contributed by atoms with Gasteiger partial charge in [0.15, 0.2) is 0 Å². The SMILES string of the molecule is Cc1cccc(N2CCN(C(=O)OCCO)CC2)c1. The van der Waals surface area contributed by atoms with Gasteiger partial charge in [-0.25, -0.2) is 4.79 Å². The van der Waals surface area contributed by atoms with Crippen molar-refractivity contribution in [1.82, 2.24) is 4.90 Å². The molecule has 0 aliphatic carbocycles. The van der Waals surface area contributed by atoms with Crippen LogP contribution >= 0.6 is 0 Å². The van der Waals surface area contributed by atoms with E-state index in [9.17, 15) is 4.79 Å². The van der Waals surface area contributed by atoms with Crippen molar-refractivity contribution in [1.29, 1.82) is 0 Å². The average Bonchev–Trinajstić information content (AvgIpc) is 2.45. The van der Waals surface area contributed by atoms with Crippen LogP contribution in [0.3, 0.4) is 0 Å². The second kappa shape index (κ2) is 6.43. The lowest BCUT2D eigenvalue weighted by Crippen LogP contribution is -2.49. The highest BCUT2D eigenvalue weighted by Gasteiger charge is 2.22. The van der Waals surface area contributed by atoms with Crippen molar-refractivity contribution in [2.24, 2.45) is 0 Å².